The van der Waals surface area contributed by atoms with Crippen molar-refractivity contribution in [1.29, 1.82) is 0 Å². The zero-order valence-corrected chi connectivity index (χ0v) is 15.1. The van der Waals surface area contributed by atoms with Crippen LogP contribution >= 0.6 is 23.2 Å². The summed E-state index contributed by atoms with van der Waals surface area (Å²) in [5.41, 5.74) is 0.285. The van der Waals surface area contributed by atoms with E-state index in [9.17, 15) is 4.79 Å². The Labute approximate surface area is 143 Å². The highest BCUT2D eigenvalue weighted by atomic mass is 35.5. The largest absolute Gasteiger partial charge is 0.347 e. The van der Waals surface area contributed by atoms with Crippen LogP contribution in [0.4, 0.5) is 0 Å². The smallest absolute Gasteiger partial charge is 0.225 e. The minimum absolute atomic E-state index is 0.0263. The Kier molecular flexibility index (Phi) is 5.41. The van der Waals surface area contributed by atoms with E-state index in [0.29, 0.717) is 16.1 Å². The second-order valence-corrected chi connectivity index (χ2v) is 7.56. The van der Waals surface area contributed by atoms with Gasteiger partial charge in [-0.1, -0.05) is 35.3 Å². The van der Waals surface area contributed by atoms with Crippen molar-refractivity contribution in [3.8, 4) is 0 Å². The van der Waals surface area contributed by atoms with E-state index in [0.717, 1.165) is 24.9 Å². The SMILES string of the molecule is C[C@H]1CC[C@H](C(=O)NC(C)(C)c2cccc(Cl)c2Cl)CN1C. The van der Waals surface area contributed by atoms with Gasteiger partial charge in [0.2, 0.25) is 5.91 Å². The molecule has 22 heavy (non-hydrogen) atoms. The minimum atomic E-state index is -0.555. The van der Waals surface area contributed by atoms with E-state index in [2.05, 4.69) is 24.2 Å². The second-order valence-electron chi connectivity index (χ2n) is 6.78. The molecule has 0 aliphatic carbocycles. The first-order valence-electron chi connectivity index (χ1n) is 7.69. The Hall–Kier alpha value is -0.770. The number of carbonyl (C=O) groups excluding carboxylic acids is 1. The predicted molar refractivity (Wildman–Crippen MR) is 92.4 cm³/mol. The van der Waals surface area contributed by atoms with E-state index in [4.69, 9.17) is 23.2 Å². The molecule has 3 nitrogen and oxygen atoms in total. The fourth-order valence-electron chi connectivity index (χ4n) is 2.96. The number of hydrogen-bond acceptors (Lipinski definition) is 2. The third-order valence-electron chi connectivity index (χ3n) is 4.63. The van der Waals surface area contributed by atoms with Crippen molar-refractivity contribution in [1.82, 2.24) is 10.2 Å². The lowest BCUT2D eigenvalue weighted by Gasteiger charge is -2.36. The van der Waals surface area contributed by atoms with Crippen molar-refractivity contribution in [2.75, 3.05) is 13.6 Å². The molecule has 0 unspecified atom stereocenters. The first-order chi connectivity index (χ1) is 10.2. The van der Waals surface area contributed by atoms with Gasteiger partial charge in [-0.2, -0.15) is 0 Å². The van der Waals surface area contributed by atoms with Crippen LogP contribution in [0.15, 0.2) is 18.2 Å². The molecule has 1 heterocycles. The number of piperidine rings is 1. The molecule has 2 atom stereocenters. The monoisotopic (exact) mass is 342 g/mol. The number of nitrogens with one attached hydrogen (secondary N) is 1. The highest BCUT2D eigenvalue weighted by Gasteiger charge is 2.32. The summed E-state index contributed by atoms with van der Waals surface area (Å²) in [5, 5.41) is 4.15. The second kappa shape index (κ2) is 6.77. The molecule has 0 bridgehead atoms. The molecule has 1 saturated heterocycles. The van der Waals surface area contributed by atoms with Gasteiger partial charge in [0, 0.05) is 12.6 Å². The molecule has 1 aromatic carbocycles. The van der Waals surface area contributed by atoms with Crippen LogP contribution in [0.2, 0.25) is 10.0 Å². The van der Waals surface area contributed by atoms with Crippen LogP contribution < -0.4 is 5.32 Å². The van der Waals surface area contributed by atoms with E-state index < -0.39 is 5.54 Å². The van der Waals surface area contributed by atoms with Crippen LogP contribution in [-0.2, 0) is 10.3 Å². The Morgan fingerprint density at radius 2 is 2.00 bits per heavy atom. The van der Waals surface area contributed by atoms with Crippen molar-refractivity contribution >= 4 is 29.1 Å². The molecule has 0 radical (unpaired) electrons. The fourth-order valence-corrected chi connectivity index (χ4v) is 3.50. The number of nitrogens with zero attached hydrogens (tertiary/aromatic N) is 1. The zero-order valence-electron chi connectivity index (χ0n) is 13.6. The van der Waals surface area contributed by atoms with Crippen LogP contribution in [-0.4, -0.2) is 30.4 Å². The summed E-state index contributed by atoms with van der Waals surface area (Å²) in [6.45, 7) is 6.91. The lowest BCUT2D eigenvalue weighted by atomic mass is 9.90. The number of halogens is 2. The summed E-state index contributed by atoms with van der Waals surface area (Å²) in [5.74, 6) is 0.109. The molecule has 122 valence electrons. The molecule has 1 amide bonds. The Bertz CT molecular complexity index is 560. The van der Waals surface area contributed by atoms with E-state index in [1.807, 2.05) is 26.0 Å². The molecule has 0 aromatic heterocycles. The maximum absolute atomic E-state index is 12.6. The van der Waals surface area contributed by atoms with Gasteiger partial charge in [-0.15, -0.1) is 0 Å². The first-order valence-corrected chi connectivity index (χ1v) is 8.44. The number of rotatable bonds is 3. The standard InChI is InChI=1S/C17H24Cl2N2O/c1-11-8-9-12(10-21(11)4)16(22)20-17(2,3)13-6-5-7-14(18)15(13)19/h5-7,11-12H,8-10H2,1-4H3,(H,20,22)/t11-,12-/m0/s1. The third kappa shape index (κ3) is 3.76. The van der Waals surface area contributed by atoms with Gasteiger partial charge in [0.25, 0.3) is 0 Å². The summed E-state index contributed by atoms with van der Waals surface area (Å²) in [7, 11) is 2.07. The van der Waals surface area contributed by atoms with Crippen molar-refractivity contribution in [2.24, 2.45) is 5.92 Å². The highest BCUT2D eigenvalue weighted by Crippen LogP contribution is 2.33. The van der Waals surface area contributed by atoms with Gasteiger partial charge < -0.3 is 10.2 Å². The van der Waals surface area contributed by atoms with Gasteiger partial charge in [-0.25, -0.2) is 0 Å². The fraction of sp³-hybridized carbons (Fsp3) is 0.588. The van der Waals surface area contributed by atoms with Crippen LogP contribution in [0.25, 0.3) is 0 Å². The van der Waals surface area contributed by atoms with E-state index >= 15 is 0 Å². The van der Waals surface area contributed by atoms with Crippen LogP contribution in [0, 0.1) is 5.92 Å². The normalized spacial score (nSPS) is 23.4. The summed E-state index contributed by atoms with van der Waals surface area (Å²) >= 11 is 12.4. The quantitative estimate of drug-likeness (QED) is 0.897. The Morgan fingerprint density at radius 3 is 2.64 bits per heavy atom. The predicted octanol–water partition coefficient (Wildman–Crippen LogP) is 4.08. The number of benzene rings is 1. The molecular formula is C17H24Cl2N2O. The van der Waals surface area contributed by atoms with Crippen LogP contribution in [0.5, 0.6) is 0 Å². The highest BCUT2D eigenvalue weighted by molar-refractivity contribution is 6.42. The molecule has 1 fully saturated rings. The lowest BCUT2D eigenvalue weighted by Crippen LogP contribution is -2.49. The molecule has 0 spiro atoms. The lowest BCUT2D eigenvalue weighted by molar-refractivity contribution is -0.128. The van der Waals surface area contributed by atoms with Crippen molar-refractivity contribution < 1.29 is 4.79 Å². The maximum Gasteiger partial charge on any atom is 0.225 e. The maximum atomic E-state index is 12.6. The van der Waals surface area contributed by atoms with Crippen LogP contribution in [0.3, 0.4) is 0 Å². The topological polar surface area (TPSA) is 32.3 Å². The molecule has 1 aliphatic heterocycles. The first kappa shape index (κ1) is 17.6. The molecular weight excluding hydrogens is 319 g/mol. The summed E-state index contributed by atoms with van der Waals surface area (Å²) in [6, 6.07) is 6.05. The molecule has 0 saturated carbocycles. The van der Waals surface area contributed by atoms with Gasteiger partial charge >= 0.3 is 0 Å². The van der Waals surface area contributed by atoms with Gasteiger partial charge in [-0.3, -0.25) is 4.79 Å². The van der Waals surface area contributed by atoms with E-state index in [-0.39, 0.29) is 11.8 Å². The number of amides is 1. The van der Waals surface area contributed by atoms with E-state index in [1.165, 1.54) is 0 Å². The number of likely N-dealkylation sites (tertiary alicyclic amines) is 1. The number of hydrogen-bond donors (Lipinski definition) is 1. The van der Waals surface area contributed by atoms with Gasteiger partial charge in [0.05, 0.1) is 21.5 Å². The molecule has 2 rings (SSSR count). The summed E-state index contributed by atoms with van der Waals surface area (Å²) < 4.78 is 0. The summed E-state index contributed by atoms with van der Waals surface area (Å²) in [6.07, 6.45) is 1.98. The molecule has 1 aromatic rings. The van der Waals surface area contributed by atoms with Gasteiger partial charge in [0.1, 0.15) is 0 Å². The number of carbonyl (C=O) groups is 1. The van der Waals surface area contributed by atoms with Crippen molar-refractivity contribution in [3.63, 3.8) is 0 Å². The summed E-state index contributed by atoms with van der Waals surface area (Å²) in [4.78, 5) is 14.9. The Balaban J connectivity index is 2.11. The van der Waals surface area contributed by atoms with Gasteiger partial charge in [-0.05, 0) is 52.3 Å². The molecule has 1 N–H and O–H groups in total. The van der Waals surface area contributed by atoms with Crippen molar-refractivity contribution in [2.45, 2.75) is 45.2 Å². The van der Waals surface area contributed by atoms with Gasteiger partial charge in [0.15, 0.2) is 0 Å². The average Bonchev–Trinajstić information content (AvgIpc) is 2.44. The van der Waals surface area contributed by atoms with Crippen molar-refractivity contribution in [3.05, 3.63) is 33.8 Å². The van der Waals surface area contributed by atoms with E-state index in [1.54, 1.807) is 6.07 Å². The molecule has 5 heteroatoms. The zero-order chi connectivity index (χ0) is 16.5. The Morgan fingerprint density at radius 1 is 1.32 bits per heavy atom. The minimum Gasteiger partial charge on any atom is -0.347 e. The third-order valence-corrected chi connectivity index (χ3v) is 5.44. The average molecular weight is 343 g/mol. The molecule has 1 aliphatic rings. The van der Waals surface area contributed by atoms with Crippen LogP contribution in [0.1, 0.15) is 39.2 Å².